The van der Waals surface area contributed by atoms with E-state index in [2.05, 4.69) is 5.32 Å². The van der Waals surface area contributed by atoms with Crippen LogP contribution in [0, 0.1) is 20.8 Å². The maximum absolute atomic E-state index is 12.6. The van der Waals surface area contributed by atoms with Crippen molar-refractivity contribution in [3.63, 3.8) is 0 Å². The molecule has 0 aliphatic rings. The van der Waals surface area contributed by atoms with Gasteiger partial charge in [0.15, 0.2) is 0 Å². The number of aryl methyl sites for hydroxylation is 3. The lowest BCUT2D eigenvalue weighted by molar-refractivity contribution is -0.114. The van der Waals surface area contributed by atoms with E-state index in [-0.39, 0.29) is 17.3 Å². The lowest BCUT2D eigenvalue weighted by Gasteiger charge is -2.23. The van der Waals surface area contributed by atoms with Gasteiger partial charge in [-0.1, -0.05) is 29.3 Å². The smallest absolute Gasteiger partial charge is 0.245 e. The third-order valence-corrected chi connectivity index (χ3v) is 5.49. The minimum Gasteiger partial charge on any atom is -0.495 e. The monoisotopic (exact) mass is 410 g/mol. The molecule has 0 atom stereocenters. The molecule has 2 aromatic rings. The topological polar surface area (TPSA) is 75.7 Å². The van der Waals surface area contributed by atoms with Crippen LogP contribution in [0.1, 0.15) is 16.7 Å². The Hall–Kier alpha value is -2.25. The number of nitrogens with one attached hydrogen (secondary N) is 1. The Morgan fingerprint density at radius 3 is 2.22 bits per heavy atom. The van der Waals surface area contributed by atoms with Gasteiger partial charge in [-0.2, -0.15) is 0 Å². The molecule has 8 heteroatoms. The maximum atomic E-state index is 12.6. The Balaban J connectivity index is 2.30. The summed E-state index contributed by atoms with van der Waals surface area (Å²) in [7, 11) is -2.23. The minimum absolute atomic E-state index is 0.259. The van der Waals surface area contributed by atoms with E-state index in [1.807, 2.05) is 32.9 Å². The van der Waals surface area contributed by atoms with Crippen LogP contribution in [0.4, 0.5) is 11.4 Å². The van der Waals surface area contributed by atoms with Crippen molar-refractivity contribution in [3.05, 3.63) is 52.0 Å². The molecule has 0 saturated heterocycles. The van der Waals surface area contributed by atoms with Crippen LogP contribution in [-0.4, -0.2) is 34.2 Å². The first-order chi connectivity index (χ1) is 12.5. The number of hydrogen-bond donors (Lipinski definition) is 1. The zero-order valence-corrected chi connectivity index (χ0v) is 17.5. The van der Waals surface area contributed by atoms with Crippen LogP contribution >= 0.6 is 11.6 Å². The first kappa shape index (κ1) is 21.1. The van der Waals surface area contributed by atoms with E-state index in [1.54, 1.807) is 12.1 Å². The van der Waals surface area contributed by atoms with Gasteiger partial charge in [0.1, 0.15) is 12.3 Å². The fraction of sp³-hybridized carbons (Fsp3) is 0.316. The van der Waals surface area contributed by atoms with E-state index in [1.165, 1.54) is 13.2 Å². The Bertz CT molecular complexity index is 951. The molecule has 2 rings (SSSR count). The summed E-state index contributed by atoms with van der Waals surface area (Å²) in [6.07, 6.45) is 1.04. The van der Waals surface area contributed by atoms with Crippen LogP contribution < -0.4 is 14.4 Å². The molecule has 0 bridgehead atoms. The highest BCUT2D eigenvalue weighted by Gasteiger charge is 2.22. The zero-order chi connectivity index (χ0) is 20.4. The molecule has 27 heavy (non-hydrogen) atoms. The van der Waals surface area contributed by atoms with Crippen molar-refractivity contribution >= 4 is 38.9 Å². The molecule has 0 unspecified atom stereocenters. The number of sulfonamides is 1. The van der Waals surface area contributed by atoms with Crippen LogP contribution in [-0.2, 0) is 14.8 Å². The summed E-state index contributed by atoms with van der Waals surface area (Å²) < 4.78 is 30.6. The number of benzene rings is 2. The summed E-state index contributed by atoms with van der Waals surface area (Å²) in [6, 6.07) is 8.47. The maximum Gasteiger partial charge on any atom is 0.245 e. The van der Waals surface area contributed by atoms with Crippen molar-refractivity contribution in [1.82, 2.24) is 0 Å². The first-order valence-corrected chi connectivity index (χ1v) is 10.4. The zero-order valence-electron chi connectivity index (χ0n) is 16.0. The van der Waals surface area contributed by atoms with Gasteiger partial charge in [0.25, 0.3) is 0 Å². The average Bonchev–Trinajstić information content (AvgIpc) is 2.55. The molecule has 0 aliphatic carbocycles. The molecule has 1 amide bonds. The molecule has 0 aliphatic heterocycles. The van der Waals surface area contributed by atoms with E-state index < -0.39 is 15.9 Å². The van der Waals surface area contributed by atoms with Crippen LogP contribution in [0.25, 0.3) is 0 Å². The molecule has 0 fully saturated rings. The second-order valence-electron chi connectivity index (χ2n) is 6.41. The highest BCUT2D eigenvalue weighted by molar-refractivity contribution is 7.92. The molecule has 0 saturated carbocycles. The van der Waals surface area contributed by atoms with Gasteiger partial charge in [-0.3, -0.25) is 9.10 Å². The number of halogens is 1. The molecule has 0 heterocycles. The summed E-state index contributed by atoms with van der Waals surface area (Å²) in [5.74, 6) is -0.0216. The fourth-order valence-corrected chi connectivity index (χ4v) is 4.00. The minimum atomic E-state index is -3.70. The summed E-state index contributed by atoms with van der Waals surface area (Å²) in [6.45, 7) is 5.40. The van der Waals surface area contributed by atoms with Gasteiger partial charge in [0, 0.05) is 5.69 Å². The van der Waals surface area contributed by atoms with E-state index in [0.717, 1.165) is 27.3 Å². The number of carbonyl (C=O) groups excluding carboxylic acids is 1. The van der Waals surface area contributed by atoms with Gasteiger partial charge in [-0.15, -0.1) is 0 Å². The Labute approximate surface area is 165 Å². The fourth-order valence-electron chi connectivity index (χ4n) is 2.90. The Morgan fingerprint density at radius 2 is 1.74 bits per heavy atom. The van der Waals surface area contributed by atoms with E-state index in [4.69, 9.17) is 16.3 Å². The number of amides is 1. The number of anilines is 2. The van der Waals surface area contributed by atoms with Gasteiger partial charge in [0.05, 0.1) is 24.1 Å². The lowest BCUT2D eigenvalue weighted by Crippen LogP contribution is -2.37. The predicted molar refractivity (Wildman–Crippen MR) is 109 cm³/mol. The second-order valence-corrected chi connectivity index (χ2v) is 8.72. The number of nitrogens with zero attached hydrogens (tertiary/aromatic N) is 1. The third-order valence-electron chi connectivity index (χ3n) is 4.05. The first-order valence-electron chi connectivity index (χ1n) is 8.22. The van der Waals surface area contributed by atoms with Crippen molar-refractivity contribution in [1.29, 1.82) is 0 Å². The standard InChI is InChI=1S/C19H23ClN2O4S/c1-12-8-13(2)19(14(3)9-12)21-18(23)11-22(27(5,24)25)15-6-7-17(26-4)16(20)10-15/h6-10H,11H2,1-5H3,(H,21,23). The highest BCUT2D eigenvalue weighted by atomic mass is 35.5. The summed E-state index contributed by atoms with van der Waals surface area (Å²) in [4.78, 5) is 12.6. The third kappa shape index (κ3) is 5.14. The second kappa shape index (κ2) is 8.19. The molecule has 2 aromatic carbocycles. The molecule has 0 radical (unpaired) electrons. The van der Waals surface area contributed by atoms with Crippen LogP contribution in [0.3, 0.4) is 0 Å². The van der Waals surface area contributed by atoms with Crippen LogP contribution in [0.2, 0.25) is 5.02 Å². The van der Waals surface area contributed by atoms with Crippen molar-refractivity contribution in [2.24, 2.45) is 0 Å². The molecular formula is C19H23ClN2O4S. The Kier molecular flexibility index (Phi) is 6.38. The van der Waals surface area contributed by atoms with E-state index >= 15 is 0 Å². The van der Waals surface area contributed by atoms with Crippen molar-refractivity contribution in [2.75, 3.05) is 29.5 Å². The highest BCUT2D eigenvalue weighted by Crippen LogP contribution is 2.30. The number of methoxy groups -OCH3 is 1. The lowest BCUT2D eigenvalue weighted by atomic mass is 10.1. The number of rotatable bonds is 6. The molecule has 146 valence electrons. The number of hydrogen-bond acceptors (Lipinski definition) is 4. The van der Waals surface area contributed by atoms with Crippen LogP contribution in [0.15, 0.2) is 30.3 Å². The van der Waals surface area contributed by atoms with Crippen molar-refractivity contribution < 1.29 is 17.9 Å². The van der Waals surface area contributed by atoms with Crippen LogP contribution in [0.5, 0.6) is 5.75 Å². The van der Waals surface area contributed by atoms with Gasteiger partial charge < -0.3 is 10.1 Å². The van der Waals surface area contributed by atoms with Gasteiger partial charge in [-0.05, 0) is 50.1 Å². The molecule has 1 N–H and O–H groups in total. The summed E-state index contributed by atoms with van der Waals surface area (Å²) in [5, 5.41) is 3.07. The predicted octanol–water partition coefficient (Wildman–Crippen LogP) is 3.68. The normalized spacial score (nSPS) is 11.2. The van der Waals surface area contributed by atoms with Crippen molar-refractivity contribution in [3.8, 4) is 5.75 Å². The molecular weight excluding hydrogens is 388 g/mol. The number of carbonyl (C=O) groups is 1. The van der Waals surface area contributed by atoms with Gasteiger partial charge >= 0.3 is 0 Å². The number of ether oxygens (including phenoxy) is 1. The average molecular weight is 411 g/mol. The SMILES string of the molecule is COc1ccc(N(CC(=O)Nc2c(C)cc(C)cc2C)S(C)(=O)=O)cc1Cl. The largest absolute Gasteiger partial charge is 0.495 e. The summed E-state index contributed by atoms with van der Waals surface area (Å²) in [5.41, 5.74) is 3.90. The molecule has 0 spiro atoms. The van der Waals surface area contributed by atoms with Gasteiger partial charge in [0.2, 0.25) is 15.9 Å². The quantitative estimate of drug-likeness (QED) is 0.788. The molecule has 6 nitrogen and oxygen atoms in total. The summed E-state index contributed by atoms with van der Waals surface area (Å²) >= 11 is 6.10. The van der Waals surface area contributed by atoms with Crippen molar-refractivity contribution in [2.45, 2.75) is 20.8 Å². The Morgan fingerprint density at radius 1 is 1.15 bits per heavy atom. The van der Waals surface area contributed by atoms with E-state index in [0.29, 0.717) is 11.4 Å². The van der Waals surface area contributed by atoms with E-state index in [9.17, 15) is 13.2 Å². The molecule has 0 aromatic heterocycles. The van der Waals surface area contributed by atoms with Gasteiger partial charge in [-0.25, -0.2) is 8.42 Å².